The molecule has 0 N–H and O–H groups in total. The van der Waals surface area contributed by atoms with Gasteiger partial charge in [-0.15, -0.1) is 0 Å². The minimum absolute atomic E-state index is 0.248. The Morgan fingerprint density at radius 3 is 2.46 bits per heavy atom. The Labute approximate surface area is 147 Å². The van der Waals surface area contributed by atoms with E-state index in [0.717, 1.165) is 15.8 Å². The normalized spacial score (nSPS) is 15.2. The highest BCUT2D eigenvalue weighted by atomic mass is 79.9. The molecule has 0 saturated heterocycles. The van der Waals surface area contributed by atoms with E-state index in [1.165, 1.54) is 0 Å². The average molecular weight is 388 g/mol. The monoisotopic (exact) mass is 387 g/mol. The van der Waals surface area contributed by atoms with Gasteiger partial charge in [0.15, 0.2) is 5.70 Å². The maximum absolute atomic E-state index is 12.0. The van der Waals surface area contributed by atoms with Crippen molar-refractivity contribution in [3.63, 3.8) is 0 Å². The van der Waals surface area contributed by atoms with Gasteiger partial charge in [0, 0.05) is 5.56 Å². The molecular formula is C18H14BrNO4. The van der Waals surface area contributed by atoms with E-state index in [1.807, 2.05) is 18.2 Å². The van der Waals surface area contributed by atoms with Crippen molar-refractivity contribution in [2.75, 3.05) is 14.2 Å². The largest absolute Gasteiger partial charge is 0.497 e. The van der Waals surface area contributed by atoms with Crippen molar-refractivity contribution in [3.05, 3.63) is 63.8 Å². The van der Waals surface area contributed by atoms with Crippen LogP contribution in [0.5, 0.6) is 11.5 Å². The Morgan fingerprint density at radius 2 is 1.83 bits per heavy atom. The van der Waals surface area contributed by atoms with Crippen LogP contribution in [0.15, 0.2) is 57.6 Å². The van der Waals surface area contributed by atoms with Crippen LogP contribution in [0.3, 0.4) is 0 Å². The topological polar surface area (TPSA) is 57.1 Å². The van der Waals surface area contributed by atoms with Gasteiger partial charge in [-0.3, -0.25) is 0 Å². The van der Waals surface area contributed by atoms with E-state index < -0.39 is 5.97 Å². The first-order chi connectivity index (χ1) is 11.6. The second-order valence-corrected chi connectivity index (χ2v) is 5.81. The molecule has 0 spiro atoms. The van der Waals surface area contributed by atoms with Gasteiger partial charge in [-0.25, -0.2) is 9.79 Å². The summed E-state index contributed by atoms with van der Waals surface area (Å²) < 4.78 is 16.3. The summed E-state index contributed by atoms with van der Waals surface area (Å²) in [7, 11) is 3.19. The molecule has 1 aliphatic rings. The maximum Gasteiger partial charge on any atom is 0.363 e. The average Bonchev–Trinajstić information content (AvgIpc) is 2.96. The van der Waals surface area contributed by atoms with E-state index in [2.05, 4.69) is 20.9 Å². The molecular weight excluding hydrogens is 374 g/mol. The Morgan fingerprint density at radius 1 is 1.08 bits per heavy atom. The maximum atomic E-state index is 12.0. The number of nitrogens with zero attached hydrogens (tertiary/aromatic N) is 1. The summed E-state index contributed by atoms with van der Waals surface area (Å²) in [6.07, 6.45) is 1.67. The molecule has 1 aliphatic heterocycles. The number of aliphatic imine (C=N–C) groups is 1. The van der Waals surface area contributed by atoms with E-state index in [4.69, 9.17) is 14.2 Å². The highest BCUT2D eigenvalue weighted by Crippen LogP contribution is 2.27. The van der Waals surface area contributed by atoms with Crippen LogP contribution < -0.4 is 9.47 Å². The fourth-order valence-electron chi connectivity index (χ4n) is 2.20. The molecule has 0 unspecified atom stereocenters. The molecule has 2 aromatic carbocycles. The molecule has 122 valence electrons. The number of cyclic esters (lactones) is 1. The van der Waals surface area contributed by atoms with Crippen LogP contribution in [-0.4, -0.2) is 26.1 Å². The summed E-state index contributed by atoms with van der Waals surface area (Å²) in [5, 5.41) is 0. The minimum Gasteiger partial charge on any atom is -0.497 e. The molecule has 6 heteroatoms. The molecule has 0 atom stereocenters. The minimum atomic E-state index is -0.479. The first-order valence-electron chi connectivity index (χ1n) is 7.11. The predicted octanol–water partition coefficient (Wildman–Crippen LogP) is 3.81. The Kier molecular flexibility index (Phi) is 4.66. The third-order valence-corrected chi connectivity index (χ3v) is 4.06. The molecule has 0 aromatic heterocycles. The molecule has 0 bridgehead atoms. The number of rotatable bonds is 4. The lowest BCUT2D eigenvalue weighted by Gasteiger charge is -2.03. The summed E-state index contributed by atoms with van der Waals surface area (Å²) in [4.78, 5) is 16.3. The molecule has 24 heavy (non-hydrogen) atoms. The first kappa shape index (κ1) is 16.3. The van der Waals surface area contributed by atoms with E-state index in [-0.39, 0.29) is 11.6 Å². The molecule has 0 radical (unpaired) electrons. The van der Waals surface area contributed by atoms with Gasteiger partial charge >= 0.3 is 5.97 Å². The molecule has 3 rings (SSSR count). The molecule has 2 aromatic rings. The first-order valence-corrected chi connectivity index (χ1v) is 7.90. The van der Waals surface area contributed by atoms with Crippen LogP contribution in [0.25, 0.3) is 6.08 Å². The SMILES string of the molecule is COc1ccc(C2=N/C(=C\c3ccc(OC)c(Br)c3)C(=O)O2)cc1. The van der Waals surface area contributed by atoms with Gasteiger partial charge in [0.2, 0.25) is 5.90 Å². The Balaban J connectivity index is 1.89. The van der Waals surface area contributed by atoms with Crippen LogP contribution in [0, 0.1) is 0 Å². The standard InChI is InChI=1S/C18H14BrNO4/c1-22-13-6-4-12(5-7-13)17-20-15(18(21)24-17)10-11-3-8-16(23-2)14(19)9-11/h3-10H,1-2H3/b15-10-. The number of carbonyl (C=O) groups is 1. The number of carbonyl (C=O) groups excluding carboxylic acids is 1. The van der Waals surface area contributed by atoms with Gasteiger partial charge in [-0.2, -0.15) is 0 Å². The van der Waals surface area contributed by atoms with Crippen molar-refractivity contribution in [3.8, 4) is 11.5 Å². The number of methoxy groups -OCH3 is 2. The molecule has 0 fully saturated rings. The third-order valence-electron chi connectivity index (χ3n) is 3.44. The predicted molar refractivity (Wildman–Crippen MR) is 94.3 cm³/mol. The van der Waals surface area contributed by atoms with Crippen LogP contribution >= 0.6 is 15.9 Å². The molecule has 0 amide bonds. The van der Waals surface area contributed by atoms with Crippen LogP contribution in [0.4, 0.5) is 0 Å². The number of esters is 1. The van der Waals surface area contributed by atoms with E-state index >= 15 is 0 Å². The molecule has 0 aliphatic carbocycles. The summed E-state index contributed by atoms with van der Waals surface area (Å²) in [5.74, 6) is 1.24. The highest BCUT2D eigenvalue weighted by Gasteiger charge is 2.24. The van der Waals surface area contributed by atoms with Crippen molar-refractivity contribution in [1.29, 1.82) is 0 Å². The van der Waals surface area contributed by atoms with Crippen LogP contribution in [0.2, 0.25) is 0 Å². The van der Waals surface area contributed by atoms with Crippen molar-refractivity contribution in [2.45, 2.75) is 0 Å². The second-order valence-electron chi connectivity index (χ2n) is 4.96. The smallest absolute Gasteiger partial charge is 0.363 e. The quantitative estimate of drug-likeness (QED) is 0.591. The van der Waals surface area contributed by atoms with E-state index in [1.54, 1.807) is 44.6 Å². The summed E-state index contributed by atoms with van der Waals surface area (Å²) in [6, 6.07) is 12.6. The Hall–Kier alpha value is -2.60. The van der Waals surface area contributed by atoms with Crippen molar-refractivity contribution >= 4 is 33.9 Å². The van der Waals surface area contributed by atoms with Gasteiger partial charge in [-0.1, -0.05) is 6.07 Å². The lowest BCUT2D eigenvalue weighted by molar-refractivity contribution is -0.129. The van der Waals surface area contributed by atoms with Crippen LogP contribution in [-0.2, 0) is 9.53 Å². The van der Waals surface area contributed by atoms with Crippen LogP contribution in [0.1, 0.15) is 11.1 Å². The summed E-state index contributed by atoms with van der Waals surface area (Å²) in [6.45, 7) is 0. The van der Waals surface area contributed by atoms with Gasteiger partial charge in [0.05, 0.1) is 18.7 Å². The summed E-state index contributed by atoms with van der Waals surface area (Å²) >= 11 is 3.42. The fourth-order valence-corrected chi connectivity index (χ4v) is 2.75. The Bertz CT molecular complexity index is 841. The van der Waals surface area contributed by atoms with Gasteiger partial charge in [0.25, 0.3) is 0 Å². The lowest BCUT2D eigenvalue weighted by Crippen LogP contribution is -2.05. The van der Waals surface area contributed by atoms with Gasteiger partial charge in [-0.05, 0) is 64.0 Å². The summed E-state index contributed by atoms with van der Waals surface area (Å²) in [5.41, 5.74) is 1.77. The number of halogens is 1. The lowest BCUT2D eigenvalue weighted by atomic mass is 10.2. The molecule has 5 nitrogen and oxygen atoms in total. The fraction of sp³-hybridized carbons (Fsp3) is 0.111. The van der Waals surface area contributed by atoms with Gasteiger partial charge < -0.3 is 14.2 Å². The van der Waals surface area contributed by atoms with Crippen molar-refractivity contribution in [1.82, 2.24) is 0 Å². The van der Waals surface area contributed by atoms with E-state index in [9.17, 15) is 4.79 Å². The highest BCUT2D eigenvalue weighted by molar-refractivity contribution is 9.10. The zero-order chi connectivity index (χ0) is 17.1. The zero-order valence-corrected chi connectivity index (χ0v) is 14.7. The number of ether oxygens (including phenoxy) is 3. The molecule has 0 saturated carbocycles. The van der Waals surface area contributed by atoms with E-state index in [0.29, 0.717) is 11.3 Å². The van der Waals surface area contributed by atoms with Gasteiger partial charge in [0.1, 0.15) is 11.5 Å². The van der Waals surface area contributed by atoms with Crippen molar-refractivity contribution in [2.24, 2.45) is 4.99 Å². The second kappa shape index (κ2) is 6.88. The third kappa shape index (κ3) is 3.33. The number of hydrogen-bond donors (Lipinski definition) is 0. The van der Waals surface area contributed by atoms with Crippen molar-refractivity contribution < 1.29 is 19.0 Å². The number of hydrogen-bond acceptors (Lipinski definition) is 5. The number of benzene rings is 2. The zero-order valence-electron chi connectivity index (χ0n) is 13.1. The molecule has 1 heterocycles.